The number of aliphatic hydroxyl groups excluding tert-OH is 1. The van der Waals surface area contributed by atoms with Crippen molar-refractivity contribution in [3.8, 4) is 5.75 Å². The van der Waals surface area contributed by atoms with Crippen molar-refractivity contribution < 1.29 is 9.84 Å². The van der Waals surface area contributed by atoms with E-state index in [-0.39, 0.29) is 12.0 Å². The zero-order chi connectivity index (χ0) is 17.6. The second-order valence-corrected chi connectivity index (χ2v) is 7.36. The van der Waals surface area contributed by atoms with Crippen LogP contribution in [0.4, 0.5) is 0 Å². The Balaban J connectivity index is 2.95. The molecule has 0 heterocycles. The van der Waals surface area contributed by atoms with Crippen molar-refractivity contribution in [2.45, 2.75) is 78.9 Å². The van der Waals surface area contributed by atoms with Crippen LogP contribution in [0.15, 0.2) is 12.1 Å². The first-order chi connectivity index (χ1) is 10.8. The Labute approximate surface area is 142 Å². The van der Waals surface area contributed by atoms with Crippen molar-refractivity contribution in [3.63, 3.8) is 0 Å². The summed E-state index contributed by atoms with van der Waals surface area (Å²) in [6.07, 6.45) is 2.06. The van der Waals surface area contributed by atoms with Gasteiger partial charge in [0, 0.05) is 6.04 Å². The third kappa shape index (κ3) is 6.15. The first-order valence-electron chi connectivity index (χ1n) is 8.93. The number of aliphatic hydroxyl groups is 1. The topological polar surface area (TPSA) is 55.5 Å². The first-order valence-corrected chi connectivity index (χ1v) is 8.93. The van der Waals surface area contributed by atoms with Crippen LogP contribution in [-0.2, 0) is 0 Å². The second-order valence-electron chi connectivity index (χ2n) is 7.36. The van der Waals surface area contributed by atoms with Crippen LogP contribution in [0.3, 0.4) is 0 Å². The summed E-state index contributed by atoms with van der Waals surface area (Å²) in [5, 5.41) is 10.4. The highest BCUT2D eigenvalue weighted by atomic mass is 16.5. The molecule has 0 spiro atoms. The van der Waals surface area contributed by atoms with Gasteiger partial charge in [-0.2, -0.15) is 0 Å². The lowest BCUT2D eigenvalue weighted by Crippen LogP contribution is -2.35. The van der Waals surface area contributed by atoms with E-state index >= 15 is 0 Å². The van der Waals surface area contributed by atoms with Crippen LogP contribution in [-0.4, -0.2) is 23.9 Å². The molecular formula is C20H35NO2. The predicted molar refractivity (Wildman–Crippen MR) is 98.2 cm³/mol. The fraction of sp³-hybridized carbons (Fsp3) is 0.700. The molecule has 0 aliphatic heterocycles. The minimum Gasteiger partial charge on any atom is -0.493 e. The lowest BCUT2D eigenvalue weighted by Gasteiger charge is -2.25. The molecule has 0 radical (unpaired) electrons. The Morgan fingerprint density at radius 1 is 1.17 bits per heavy atom. The average molecular weight is 322 g/mol. The molecule has 0 aliphatic carbocycles. The SMILES string of the molecule is CCCC(N)C(O)CC(C)c1cc(C)cc(C)c1OCC(C)C. The summed E-state index contributed by atoms with van der Waals surface area (Å²) in [6.45, 7) is 13.5. The molecule has 23 heavy (non-hydrogen) atoms. The largest absolute Gasteiger partial charge is 0.493 e. The van der Waals surface area contributed by atoms with Crippen LogP contribution in [0.25, 0.3) is 0 Å². The number of ether oxygens (including phenoxy) is 1. The molecule has 3 N–H and O–H groups in total. The van der Waals surface area contributed by atoms with E-state index in [1.54, 1.807) is 0 Å². The Bertz CT molecular complexity index is 485. The highest BCUT2D eigenvalue weighted by Gasteiger charge is 2.21. The fourth-order valence-corrected chi connectivity index (χ4v) is 2.99. The van der Waals surface area contributed by atoms with E-state index in [4.69, 9.17) is 10.5 Å². The zero-order valence-corrected chi connectivity index (χ0v) is 15.7. The normalized spacial score (nSPS) is 15.5. The van der Waals surface area contributed by atoms with Gasteiger partial charge in [-0.05, 0) is 49.7 Å². The van der Waals surface area contributed by atoms with Gasteiger partial charge in [-0.25, -0.2) is 0 Å². The summed E-state index contributed by atoms with van der Waals surface area (Å²) in [6, 6.07) is 4.20. The summed E-state index contributed by atoms with van der Waals surface area (Å²) in [5.41, 5.74) is 9.65. The quantitative estimate of drug-likeness (QED) is 0.712. The Morgan fingerprint density at radius 3 is 2.39 bits per heavy atom. The lowest BCUT2D eigenvalue weighted by atomic mass is 9.89. The van der Waals surface area contributed by atoms with Crippen LogP contribution in [0.2, 0.25) is 0 Å². The summed E-state index contributed by atoms with van der Waals surface area (Å²) in [5.74, 6) is 1.68. The van der Waals surface area contributed by atoms with E-state index in [1.807, 2.05) is 0 Å². The number of hydrogen-bond acceptors (Lipinski definition) is 3. The fourth-order valence-electron chi connectivity index (χ4n) is 2.99. The molecule has 1 rings (SSSR count). The standard InChI is InChI=1S/C20H35NO2/c1-7-8-18(21)19(22)11-15(5)17-10-14(4)9-16(6)20(17)23-12-13(2)3/h9-10,13,15,18-19,22H,7-8,11-12,21H2,1-6H3. The molecule has 0 bridgehead atoms. The van der Waals surface area contributed by atoms with E-state index in [9.17, 15) is 5.11 Å². The molecule has 0 saturated carbocycles. The maximum Gasteiger partial charge on any atom is 0.125 e. The number of nitrogens with two attached hydrogens (primary N) is 1. The van der Waals surface area contributed by atoms with E-state index < -0.39 is 6.10 Å². The third-order valence-corrected chi connectivity index (χ3v) is 4.25. The van der Waals surface area contributed by atoms with Crippen molar-refractivity contribution in [1.82, 2.24) is 0 Å². The van der Waals surface area contributed by atoms with Crippen molar-refractivity contribution in [2.75, 3.05) is 6.61 Å². The van der Waals surface area contributed by atoms with E-state index in [0.717, 1.165) is 18.6 Å². The number of rotatable bonds is 9. The van der Waals surface area contributed by atoms with Crippen molar-refractivity contribution in [3.05, 3.63) is 28.8 Å². The zero-order valence-electron chi connectivity index (χ0n) is 15.7. The van der Waals surface area contributed by atoms with Crippen LogP contribution < -0.4 is 10.5 Å². The van der Waals surface area contributed by atoms with Gasteiger partial charge in [0.1, 0.15) is 5.75 Å². The summed E-state index contributed by atoms with van der Waals surface area (Å²) < 4.78 is 6.08. The number of benzene rings is 1. The molecule has 0 aliphatic rings. The summed E-state index contributed by atoms with van der Waals surface area (Å²) in [4.78, 5) is 0. The summed E-state index contributed by atoms with van der Waals surface area (Å²) >= 11 is 0. The maximum atomic E-state index is 10.4. The highest BCUT2D eigenvalue weighted by molar-refractivity contribution is 5.45. The second kappa shape index (κ2) is 9.29. The van der Waals surface area contributed by atoms with E-state index in [0.29, 0.717) is 18.9 Å². The van der Waals surface area contributed by atoms with Crippen LogP contribution in [0.5, 0.6) is 5.75 Å². The third-order valence-electron chi connectivity index (χ3n) is 4.25. The van der Waals surface area contributed by atoms with Crippen molar-refractivity contribution in [1.29, 1.82) is 0 Å². The highest BCUT2D eigenvalue weighted by Crippen LogP contribution is 2.34. The van der Waals surface area contributed by atoms with Crippen LogP contribution in [0, 0.1) is 19.8 Å². The molecule has 1 aromatic carbocycles. The molecule has 3 atom stereocenters. The van der Waals surface area contributed by atoms with E-state index in [2.05, 4.69) is 53.7 Å². The van der Waals surface area contributed by atoms with Crippen LogP contribution in [0.1, 0.15) is 69.6 Å². The lowest BCUT2D eigenvalue weighted by molar-refractivity contribution is 0.123. The molecule has 3 nitrogen and oxygen atoms in total. The minimum atomic E-state index is -0.469. The monoisotopic (exact) mass is 321 g/mol. The Hall–Kier alpha value is -1.06. The van der Waals surface area contributed by atoms with Gasteiger partial charge in [0.25, 0.3) is 0 Å². The number of hydrogen-bond donors (Lipinski definition) is 2. The van der Waals surface area contributed by atoms with Crippen LogP contribution >= 0.6 is 0 Å². The molecule has 0 aromatic heterocycles. The van der Waals surface area contributed by atoms with Gasteiger partial charge >= 0.3 is 0 Å². The van der Waals surface area contributed by atoms with Gasteiger partial charge in [0.2, 0.25) is 0 Å². The predicted octanol–water partition coefficient (Wildman–Crippen LogP) is 4.32. The van der Waals surface area contributed by atoms with Gasteiger partial charge in [0.05, 0.1) is 12.7 Å². The molecule has 3 unspecified atom stereocenters. The molecule has 1 aromatic rings. The molecular weight excluding hydrogens is 286 g/mol. The van der Waals surface area contributed by atoms with Gasteiger partial charge in [0.15, 0.2) is 0 Å². The van der Waals surface area contributed by atoms with E-state index in [1.165, 1.54) is 16.7 Å². The maximum absolute atomic E-state index is 10.4. The molecule has 0 fully saturated rings. The Kier molecular flexibility index (Phi) is 8.07. The first kappa shape index (κ1) is 20.0. The Morgan fingerprint density at radius 2 is 1.83 bits per heavy atom. The average Bonchev–Trinajstić information content (AvgIpc) is 2.45. The molecule has 0 amide bonds. The van der Waals surface area contributed by atoms with Crippen molar-refractivity contribution in [2.24, 2.45) is 11.7 Å². The number of aryl methyl sites for hydroxylation is 2. The van der Waals surface area contributed by atoms with Gasteiger partial charge < -0.3 is 15.6 Å². The van der Waals surface area contributed by atoms with Gasteiger partial charge in [-0.1, -0.05) is 51.8 Å². The molecule has 3 heteroatoms. The molecule has 132 valence electrons. The smallest absolute Gasteiger partial charge is 0.125 e. The minimum absolute atomic E-state index is 0.145. The van der Waals surface area contributed by atoms with Gasteiger partial charge in [-0.15, -0.1) is 0 Å². The summed E-state index contributed by atoms with van der Waals surface area (Å²) in [7, 11) is 0. The van der Waals surface area contributed by atoms with Gasteiger partial charge in [-0.3, -0.25) is 0 Å². The molecule has 0 saturated heterocycles. The van der Waals surface area contributed by atoms with Crippen molar-refractivity contribution >= 4 is 0 Å².